The Hall–Kier alpha value is -3.86. The van der Waals surface area contributed by atoms with Crippen LogP contribution < -0.4 is 0 Å². The average Bonchev–Trinajstić information content (AvgIpc) is 3.38. The minimum absolute atomic E-state index is 0.0762. The van der Waals surface area contributed by atoms with E-state index in [1.165, 1.54) is 12.1 Å². The van der Waals surface area contributed by atoms with Gasteiger partial charge in [-0.25, -0.2) is 0 Å². The molecule has 1 saturated carbocycles. The Balaban J connectivity index is 1.43. The number of hydrogen-bond donors (Lipinski definition) is 4. The average molecular weight is 730 g/mol. The number of allylic oxidation sites excluding steroid dienone is 2. The molecule has 5 atom stereocenters. The van der Waals surface area contributed by atoms with Crippen LogP contribution in [0.25, 0.3) is 10.8 Å². The van der Waals surface area contributed by atoms with E-state index >= 15 is 0 Å². The summed E-state index contributed by atoms with van der Waals surface area (Å²) in [5.41, 5.74) is 0.725. The molecule has 4 aromatic carbocycles. The molecule has 2 bridgehead atoms. The first kappa shape index (κ1) is 38.9. The molecular weight excluding hydrogens is 679 g/mol. The molecule has 9 heteroatoms. The fourth-order valence-electron chi connectivity index (χ4n) is 8.77. The summed E-state index contributed by atoms with van der Waals surface area (Å²) in [5, 5.41) is 46.6. The molecule has 282 valence electrons. The van der Waals surface area contributed by atoms with Crippen molar-refractivity contribution in [2.75, 3.05) is 19.7 Å². The molecule has 0 spiro atoms. The van der Waals surface area contributed by atoms with Gasteiger partial charge >= 0.3 is 6.18 Å². The largest absolute Gasteiger partial charge is 0.416 e. The molecule has 53 heavy (non-hydrogen) atoms. The molecule has 3 aliphatic rings. The van der Waals surface area contributed by atoms with Crippen LogP contribution in [0, 0.1) is 5.41 Å². The van der Waals surface area contributed by atoms with E-state index in [-0.39, 0.29) is 30.1 Å². The Kier molecular flexibility index (Phi) is 11.6. The molecule has 0 aliphatic heterocycles. The van der Waals surface area contributed by atoms with Crippen LogP contribution in [0.4, 0.5) is 13.2 Å². The molecule has 0 aromatic heterocycles. The van der Waals surface area contributed by atoms with E-state index in [0.717, 1.165) is 34.0 Å². The molecule has 0 amide bonds. The summed E-state index contributed by atoms with van der Waals surface area (Å²) < 4.78 is 41.3. The van der Waals surface area contributed by atoms with Gasteiger partial charge in [-0.05, 0) is 103 Å². The van der Waals surface area contributed by atoms with Gasteiger partial charge in [0.25, 0.3) is 0 Å². The van der Waals surface area contributed by atoms with Crippen molar-refractivity contribution in [3.05, 3.63) is 130 Å². The van der Waals surface area contributed by atoms with Crippen LogP contribution in [0.2, 0.25) is 0 Å². The van der Waals surface area contributed by atoms with Crippen molar-refractivity contribution in [1.82, 2.24) is 4.90 Å². The van der Waals surface area contributed by atoms with Crippen molar-refractivity contribution >= 4 is 16.6 Å². The number of fused-ring (bicyclic) bond motifs is 9. The highest BCUT2D eigenvalue weighted by Crippen LogP contribution is 2.59. The summed E-state index contributed by atoms with van der Waals surface area (Å²) in [7, 11) is 0. The molecule has 7 rings (SSSR count). The van der Waals surface area contributed by atoms with E-state index in [1.54, 1.807) is 6.07 Å². The van der Waals surface area contributed by atoms with Crippen LogP contribution in [0.15, 0.2) is 96.6 Å². The first-order valence-corrected chi connectivity index (χ1v) is 18.6. The summed E-state index contributed by atoms with van der Waals surface area (Å²) in [6.07, 6.45) is -0.586. The SMILES string of the molecule is CC1=CCCC2(C)C(CCC2(O)CN(Cc2cccc3ccccc23)CC(O)CO)c2ccc(cc2C(=O)c2cccc(C(F)(F)F)c2)CC(O)CC1. The highest BCUT2D eigenvalue weighted by atomic mass is 19.4. The van der Waals surface area contributed by atoms with E-state index in [0.29, 0.717) is 62.6 Å². The number of alkyl halides is 3. The van der Waals surface area contributed by atoms with Gasteiger partial charge in [0, 0.05) is 36.2 Å². The molecule has 4 aromatic rings. The minimum Gasteiger partial charge on any atom is -0.394 e. The molecular formula is C44H50F3NO5. The van der Waals surface area contributed by atoms with Crippen LogP contribution in [0.1, 0.15) is 96.5 Å². The Morgan fingerprint density at radius 1 is 0.981 bits per heavy atom. The maximum absolute atomic E-state index is 14.3. The van der Waals surface area contributed by atoms with Crippen LogP contribution in [0.3, 0.4) is 0 Å². The van der Waals surface area contributed by atoms with Crippen LogP contribution in [-0.4, -0.2) is 68.6 Å². The molecule has 4 N–H and O–H groups in total. The van der Waals surface area contributed by atoms with Crippen LogP contribution in [-0.2, 0) is 19.1 Å². The van der Waals surface area contributed by atoms with Gasteiger partial charge in [-0.1, -0.05) is 85.3 Å². The number of benzene rings is 4. The van der Waals surface area contributed by atoms with E-state index < -0.39 is 47.4 Å². The van der Waals surface area contributed by atoms with Gasteiger partial charge in [-0.3, -0.25) is 9.69 Å². The van der Waals surface area contributed by atoms with Crippen LogP contribution in [0.5, 0.6) is 0 Å². The number of hydrogen-bond acceptors (Lipinski definition) is 6. The summed E-state index contributed by atoms with van der Waals surface area (Å²) in [4.78, 5) is 16.3. The summed E-state index contributed by atoms with van der Waals surface area (Å²) in [6, 6.07) is 24.1. The maximum atomic E-state index is 14.3. The number of carbonyl (C=O) groups is 1. The molecule has 0 saturated heterocycles. The Bertz CT molecular complexity index is 1950. The third-order valence-electron chi connectivity index (χ3n) is 11.8. The van der Waals surface area contributed by atoms with Gasteiger partial charge in [-0.15, -0.1) is 0 Å². The third kappa shape index (κ3) is 8.45. The smallest absolute Gasteiger partial charge is 0.394 e. The highest BCUT2D eigenvalue weighted by molar-refractivity contribution is 6.10. The highest BCUT2D eigenvalue weighted by Gasteiger charge is 2.57. The summed E-state index contributed by atoms with van der Waals surface area (Å²) in [5.74, 6) is -0.873. The zero-order valence-electron chi connectivity index (χ0n) is 30.4. The van der Waals surface area contributed by atoms with Gasteiger partial charge in [-0.2, -0.15) is 13.2 Å². The quantitative estimate of drug-likeness (QED) is 0.103. The Morgan fingerprint density at radius 2 is 1.74 bits per heavy atom. The van der Waals surface area contributed by atoms with Crippen LogP contribution >= 0.6 is 0 Å². The molecule has 0 radical (unpaired) electrons. The van der Waals surface area contributed by atoms with Crippen molar-refractivity contribution in [2.24, 2.45) is 5.41 Å². The second-order valence-electron chi connectivity index (χ2n) is 15.5. The zero-order chi connectivity index (χ0) is 38.0. The second kappa shape index (κ2) is 15.9. The number of aliphatic hydroxyl groups is 4. The lowest BCUT2D eigenvalue weighted by atomic mass is 9.64. The fourth-order valence-corrected chi connectivity index (χ4v) is 8.77. The Morgan fingerprint density at radius 3 is 2.51 bits per heavy atom. The number of nitrogens with zero attached hydrogens (tertiary/aromatic N) is 1. The number of carbonyl (C=O) groups excluding carboxylic acids is 1. The van der Waals surface area contributed by atoms with Crippen molar-refractivity contribution in [3.8, 4) is 0 Å². The number of halogens is 3. The number of ketones is 1. The predicted molar refractivity (Wildman–Crippen MR) is 201 cm³/mol. The van der Waals surface area contributed by atoms with Gasteiger partial charge in [0.15, 0.2) is 5.78 Å². The van der Waals surface area contributed by atoms with E-state index in [4.69, 9.17) is 0 Å². The molecule has 0 heterocycles. The van der Waals surface area contributed by atoms with Gasteiger partial charge in [0.1, 0.15) is 0 Å². The molecule has 5 unspecified atom stereocenters. The number of aliphatic hydroxyl groups excluding tert-OH is 3. The van der Waals surface area contributed by atoms with E-state index in [1.807, 2.05) is 66.4 Å². The molecule has 3 aliphatic carbocycles. The first-order chi connectivity index (χ1) is 25.2. The predicted octanol–water partition coefficient (Wildman–Crippen LogP) is 7.98. The number of rotatable bonds is 9. The van der Waals surface area contributed by atoms with Gasteiger partial charge in [0.05, 0.1) is 30.0 Å². The normalized spacial score (nSPS) is 24.5. The fraction of sp³-hybridized carbons (Fsp3) is 0.432. The van der Waals surface area contributed by atoms with Crippen molar-refractivity contribution < 1.29 is 38.4 Å². The lowest BCUT2D eigenvalue weighted by Crippen LogP contribution is -2.53. The maximum Gasteiger partial charge on any atom is 0.416 e. The zero-order valence-corrected chi connectivity index (χ0v) is 30.4. The summed E-state index contributed by atoms with van der Waals surface area (Å²) in [6.45, 7) is 4.38. The first-order valence-electron chi connectivity index (χ1n) is 18.6. The monoisotopic (exact) mass is 729 g/mol. The van der Waals surface area contributed by atoms with Gasteiger partial charge in [0.2, 0.25) is 0 Å². The van der Waals surface area contributed by atoms with Crippen molar-refractivity contribution in [3.63, 3.8) is 0 Å². The minimum atomic E-state index is -4.62. The topological polar surface area (TPSA) is 101 Å². The Labute approximate surface area is 309 Å². The van der Waals surface area contributed by atoms with Crippen molar-refractivity contribution in [2.45, 2.75) is 95.2 Å². The lowest BCUT2D eigenvalue weighted by Gasteiger charge is -2.46. The summed E-state index contributed by atoms with van der Waals surface area (Å²) >= 11 is 0. The van der Waals surface area contributed by atoms with Gasteiger partial charge < -0.3 is 20.4 Å². The lowest BCUT2D eigenvalue weighted by molar-refractivity contribution is -0.137. The van der Waals surface area contributed by atoms with Crippen molar-refractivity contribution in [1.29, 1.82) is 0 Å². The molecule has 1 fully saturated rings. The molecule has 6 nitrogen and oxygen atoms in total. The van der Waals surface area contributed by atoms with E-state index in [2.05, 4.69) is 13.0 Å². The standard InChI is InChI=1S/C44H50F3NO5/c1-29-8-7-20-42(2)40(19-21-43(42,53)28-48(26-36(51)27-49)25-33-12-5-10-31-9-3-4-14-37(31)33)38-18-16-30(22-35(50)17-15-29)23-39(38)41(52)32-11-6-13-34(24-32)44(45,46)47/h3-6,8-14,16,18,23-24,35-36,40,49-51,53H,7,15,17,19-22,25-28H2,1-2H3. The second-order valence-corrected chi connectivity index (χ2v) is 15.5. The van der Waals surface area contributed by atoms with E-state index in [9.17, 15) is 38.4 Å². The third-order valence-corrected chi connectivity index (χ3v) is 11.8.